The summed E-state index contributed by atoms with van der Waals surface area (Å²) in [5.74, 6) is 3.16. The molecule has 5 nitrogen and oxygen atoms in total. The number of nitrogens with zero attached hydrogens (tertiary/aromatic N) is 3. The Balaban J connectivity index is 0.911. The molecule has 4 aliphatic heterocycles. The standard InChI is InChI=1S/C62H57N5S/c1-6-19-40(20-7-1)47-30-18-31-48(41-21-8-2-9-22-41)56(47)45-37-53(62-65-60(42-23-10-3-11-24-42)64-61(66-62)43-25-12-4-13-26-43)57(63-39-45)44-33-34-50-52-36-35-51-49-29-16-17-32-54(49)67(46-27-14-5-15-28-46)58(51)59(52)68-55(50)38-44/h1-8,10-19,21,23-25,27,30-36,38-40,43,46,49,52-53,57,59,61,63H,9,20,22,26,28-29,37H2,(H,64,65,66). The topological polar surface area (TPSA) is 52.0 Å². The van der Waals surface area contributed by atoms with Crippen molar-refractivity contribution in [1.29, 1.82) is 0 Å². The van der Waals surface area contributed by atoms with E-state index < -0.39 is 0 Å². The van der Waals surface area contributed by atoms with Crippen LogP contribution in [0.1, 0.15) is 96.2 Å². The van der Waals surface area contributed by atoms with E-state index in [1.54, 1.807) is 0 Å². The van der Waals surface area contributed by atoms with Crippen LogP contribution in [0.2, 0.25) is 0 Å². The molecule has 10 aliphatic rings. The summed E-state index contributed by atoms with van der Waals surface area (Å²) < 4.78 is 0. The molecule has 6 aliphatic carbocycles. The zero-order chi connectivity index (χ0) is 45.0. The normalized spacial score (nSPS) is 30.4. The van der Waals surface area contributed by atoms with Crippen molar-refractivity contribution < 1.29 is 0 Å². The predicted molar refractivity (Wildman–Crippen MR) is 283 cm³/mol. The lowest BCUT2D eigenvalue weighted by Gasteiger charge is -2.38. The lowest BCUT2D eigenvalue weighted by Crippen LogP contribution is -2.47. The van der Waals surface area contributed by atoms with Gasteiger partial charge in [0.15, 0.2) is 6.17 Å². The smallest absolute Gasteiger partial charge is 0.150 e. The van der Waals surface area contributed by atoms with Crippen molar-refractivity contribution in [2.45, 2.75) is 85.2 Å². The molecule has 0 radical (unpaired) electrons. The molecule has 9 unspecified atom stereocenters. The van der Waals surface area contributed by atoms with Crippen LogP contribution >= 0.6 is 11.8 Å². The Labute approximate surface area is 405 Å². The molecule has 0 spiro atoms. The van der Waals surface area contributed by atoms with Gasteiger partial charge >= 0.3 is 0 Å². The van der Waals surface area contributed by atoms with Crippen molar-refractivity contribution in [2.24, 2.45) is 27.7 Å². The molecule has 0 saturated heterocycles. The molecular formula is C62H57N5S. The SMILES string of the molecule is C1=CCCC(c2cccc(C3C=CC=CC3)c2C2=CNC(c3ccc4c(c3)SC3C5=C(C=CC43)C3CC=CC=C3N5C3C=CC=CC3)C(C3=NC(C4C=CC=CC4)N=C(c4ccccc4)N3)C2)=C1. The quantitative estimate of drug-likeness (QED) is 0.236. The van der Waals surface area contributed by atoms with Gasteiger partial charge in [0.2, 0.25) is 0 Å². The molecule has 9 atom stereocenters. The maximum atomic E-state index is 5.67. The van der Waals surface area contributed by atoms with E-state index in [2.05, 4.69) is 222 Å². The first-order valence-corrected chi connectivity index (χ1v) is 25.9. The van der Waals surface area contributed by atoms with Crippen LogP contribution in [0, 0.1) is 17.8 Å². The summed E-state index contributed by atoms with van der Waals surface area (Å²) in [5, 5.41) is 8.39. The van der Waals surface area contributed by atoms with E-state index in [0.29, 0.717) is 29.0 Å². The van der Waals surface area contributed by atoms with Gasteiger partial charge in [0, 0.05) is 57.6 Å². The number of hydrogen-bond acceptors (Lipinski definition) is 6. The van der Waals surface area contributed by atoms with E-state index in [1.807, 2.05) is 0 Å². The second kappa shape index (κ2) is 17.8. The van der Waals surface area contributed by atoms with Gasteiger partial charge in [0.05, 0.1) is 17.3 Å². The van der Waals surface area contributed by atoms with Crippen molar-refractivity contribution in [1.82, 2.24) is 15.5 Å². The molecule has 3 aromatic rings. The zero-order valence-electron chi connectivity index (χ0n) is 38.4. The summed E-state index contributed by atoms with van der Waals surface area (Å²) in [5.41, 5.74) is 15.2. The van der Waals surface area contributed by atoms with Crippen LogP contribution in [0.4, 0.5) is 0 Å². The Kier molecular flexibility index (Phi) is 10.9. The van der Waals surface area contributed by atoms with Crippen molar-refractivity contribution in [2.75, 3.05) is 0 Å². The van der Waals surface area contributed by atoms with Gasteiger partial charge in [-0.15, -0.1) is 11.8 Å². The minimum Gasteiger partial charge on any atom is -0.383 e. The third-order valence-electron chi connectivity index (χ3n) is 15.7. The fourth-order valence-electron chi connectivity index (χ4n) is 12.4. The summed E-state index contributed by atoms with van der Waals surface area (Å²) in [4.78, 5) is 15.2. The van der Waals surface area contributed by atoms with Crippen LogP contribution in [0.15, 0.2) is 226 Å². The number of thioether (sulfide) groups is 1. The van der Waals surface area contributed by atoms with Gasteiger partial charge in [-0.2, -0.15) is 0 Å². The van der Waals surface area contributed by atoms with Gasteiger partial charge in [-0.25, -0.2) is 9.98 Å². The van der Waals surface area contributed by atoms with Crippen LogP contribution in [0.5, 0.6) is 0 Å². The van der Waals surface area contributed by atoms with E-state index in [4.69, 9.17) is 9.98 Å². The predicted octanol–water partition coefficient (Wildman–Crippen LogP) is 13.7. The number of amidine groups is 2. The summed E-state index contributed by atoms with van der Waals surface area (Å²) >= 11 is 2.09. The van der Waals surface area contributed by atoms with Crippen molar-refractivity contribution in [3.63, 3.8) is 0 Å². The Bertz CT molecular complexity index is 3030. The average Bonchev–Trinajstić information content (AvgIpc) is 3.97. The molecule has 0 saturated carbocycles. The molecule has 2 N–H and O–H groups in total. The largest absolute Gasteiger partial charge is 0.383 e. The molecule has 0 aromatic heterocycles. The van der Waals surface area contributed by atoms with Gasteiger partial charge in [-0.3, -0.25) is 0 Å². The van der Waals surface area contributed by atoms with Crippen LogP contribution in [-0.2, 0) is 0 Å². The number of allylic oxidation sites excluding steroid dienone is 20. The third kappa shape index (κ3) is 7.40. The van der Waals surface area contributed by atoms with E-state index in [9.17, 15) is 0 Å². The number of rotatable bonds is 8. The molecule has 0 bridgehead atoms. The number of benzene rings is 3. The Morgan fingerprint density at radius 3 is 2.37 bits per heavy atom. The molecular weight excluding hydrogens is 847 g/mol. The summed E-state index contributed by atoms with van der Waals surface area (Å²) in [6, 6.07) is 25.4. The van der Waals surface area contributed by atoms with Crippen LogP contribution in [-0.4, -0.2) is 34.0 Å². The maximum Gasteiger partial charge on any atom is 0.150 e. The van der Waals surface area contributed by atoms with Crippen molar-refractivity contribution in [3.8, 4) is 0 Å². The molecule has 0 fully saturated rings. The summed E-state index contributed by atoms with van der Waals surface area (Å²) in [6.45, 7) is 0. The number of fused-ring (bicyclic) bond motifs is 6. The monoisotopic (exact) mass is 903 g/mol. The van der Waals surface area contributed by atoms with Gasteiger partial charge in [0.25, 0.3) is 0 Å². The fraction of sp³-hybridized carbons (Fsp3) is 0.258. The number of nitrogens with one attached hydrogen (secondary N) is 2. The van der Waals surface area contributed by atoms with E-state index in [1.165, 1.54) is 60.8 Å². The second-order valence-electron chi connectivity index (χ2n) is 19.7. The number of hydrogen-bond donors (Lipinski definition) is 2. The molecule has 0 amide bonds. The van der Waals surface area contributed by atoms with Crippen LogP contribution in [0.3, 0.4) is 0 Å². The number of aliphatic imine (C=N–C) groups is 2. The maximum absolute atomic E-state index is 5.67. The van der Waals surface area contributed by atoms with Gasteiger partial charge in [0.1, 0.15) is 11.7 Å². The Morgan fingerprint density at radius 2 is 1.54 bits per heavy atom. The highest BCUT2D eigenvalue weighted by Crippen LogP contribution is 2.58. The highest BCUT2D eigenvalue weighted by atomic mass is 32.2. The minimum atomic E-state index is -0.232. The molecule has 13 rings (SSSR count). The summed E-state index contributed by atoms with van der Waals surface area (Å²) in [6.07, 6.45) is 55.2. The van der Waals surface area contributed by atoms with E-state index in [0.717, 1.165) is 62.2 Å². The fourth-order valence-corrected chi connectivity index (χ4v) is 14.0. The van der Waals surface area contributed by atoms with Gasteiger partial charge in [-0.05, 0) is 102 Å². The van der Waals surface area contributed by atoms with Crippen LogP contribution in [0.25, 0.3) is 11.1 Å². The van der Waals surface area contributed by atoms with Gasteiger partial charge < -0.3 is 15.5 Å². The first kappa shape index (κ1) is 41.5. The second-order valence-corrected chi connectivity index (χ2v) is 20.9. The lowest BCUT2D eigenvalue weighted by atomic mass is 9.76. The molecule has 3 aromatic carbocycles. The zero-order valence-corrected chi connectivity index (χ0v) is 39.2. The molecule has 68 heavy (non-hydrogen) atoms. The third-order valence-corrected chi connectivity index (χ3v) is 17.1. The Morgan fingerprint density at radius 1 is 0.691 bits per heavy atom. The minimum absolute atomic E-state index is 0.00211. The van der Waals surface area contributed by atoms with Crippen molar-refractivity contribution in [3.05, 3.63) is 245 Å². The average molecular weight is 904 g/mol. The van der Waals surface area contributed by atoms with E-state index in [-0.39, 0.29) is 24.0 Å². The van der Waals surface area contributed by atoms with Gasteiger partial charge in [-0.1, -0.05) is 176 Å². The lowest BCUT2D eigenvalue weighted by molar-refractivity contribution is 0.348. The Hall–Kier alpha value is -6.63. The summed E-state index contributed by atoms with van der Waals surface area (Å²) in [7, 11) is 0. The molecule has 4 heterocycles. The first-order chi connectivity index (χ1) is 33.7. The van der Waals surface area contributed by atoms with Crippen molar-refractivity contribution >= 4 is 34.6 Å². The van der Waals surface area contributed by atoms with Crippen LogP contribution < -0.4 is 10.6 Å². The highest BCUT2D eigenvalue weighted by molar-refractivity contribution is 8.00. The first-order valence-electron chi connectivity index (χ1n) is 25.0. The molecule has 6 heteroatoms. The molecule has 336 valence electrons. The van der Waals surface area contributed by atoms with E-state index >= 15 is 0 Å². The highest BCUT2D eigenvalue weighted by Gasteiger charge is 2.48.